The monoisotopic (exact) mass is 328 g/mol. The molecule has 0 bridgehead atoms. The first-order chi connectivity index (χ1) is 8.79. The number of rotatable bonds is 5. The second-order valence-electron chi connectivity index (χ2n) is 4.77. The Hall–Kier alpha value is -1.56. The van der Waals surface area contributed by atoms with Gasteiger partial charge in [0.1, 0.15) is 6.04 Å². The maximum Gasteiger partial charge on any atom is 0.326 e. The summed E-state index contributed by atoms with van der Waals surface area (Å²) in [6, 6.07) is 3.88. The molecule has 0 radical (unpaired) electrons. The molecule has 1 unspecified atom stereocenters. The molecule has 0 aliphatic rings. The summed E-state index contributed by atoms with van der Waals surface area (Å²) in [7, 11) is 0. The minimum absolute atomic E-state index is 0.175. The Labute approximate surface area is 120 Å². The van der Waals surface area contributed by atoms with E-state index >= 15 is 0 Å². The van der Waals surface area contributed by atoms with Gasteiger partial charge in [-0.15, -0.1) is 0 Å². The van der Waals surface area contributed by atoms with E-state index in [1.165, 1.54) is 6.07 Å². The van der Waals surface area contributed by atoms with Crippen LogP contribution in [0.4, 0.5) is 5.69 Å². The number of anilines is 1. The molecule has 19 heavy (non-hydrogen) atoms. The lowest BCUT2D eigenvalue weighted by molar-refractivity contribution is -0.139. The van der Waals surface area contributed by atoms with Crippen molar-refractivity contribution < 1.29 is 14.7 Å². The standard InChI is InChI=1S/C13H17BrN2O3/c1-7(2)3-11(13(18)19)16-12(17)8-4-9(14)6-10(15)5-8/h4-7,11H,3,15H2,1-2H3,(H,16,17)(H,18,19). The van der Waals surface area contributed by atoms with Crippen molar-refractivity contribution in [3.63, 3.8) is 0 Å². The first kappa shape index (κ1) is 15.5. The number of nitrogens with two attached hydrogens (primary N) is 1. The van der Waals surface area contributed by atoms with Crippen LogP contribution in [0.5, 0.6) is 0 Å². The van der Waals surface area contributed by atoms with E-state index < -0.39 is 17.9 Å². The largest absolute Gasteiger partial charge is 0.480 e. The average molecular weight is 329 g/mol. The van der Waals surface area contributed by atoms with Crippen molar-refractivity contribution in [3.8, 4) is 0 Å². The quantitative estimate of drug-likeness (QED) is 0.723. The number of carbonyl (C=O) groups excluding carboxylic acids is 1. The molecule has 1 amide bonds. The Morgan fingerprint density at radius 3 is 2.47 bits per heavy atom. The summed E-state index contributed by atoms with van der Waals surface area (Å²) >= 11 is 3.24. The van der Waals surface area contributed by atoms with E-state index in [9.17, 15) is 9.59 Å². The lowest BCUT2D eigenvalue weighted by Gasteiger charge is -2.16. The zero-order valence-electron chi connectivity index (χ0n) is 10.8. The van der Waals surface area contributed by atoms with E-state index in [-0.39, 0.29) is 5.92 Å². The summed E-state index contributed by atoms with van der Waals surface area (Å²) in [5.41, 5.74) is 6.42. The number of aliphatic carboxylic acids is 1. The topological polar surface area (TPSA) is 92.4 Å². The SMILES string of the molecule is CC(C)CC(NC(=O)c1cc(N)cc(Br)c1)C(=O)O. The van der Waals surface area contributed by atoms with Crippen LogP contribution in [-0.4, -0.2) is 23.0 Å². The summed E-state index contributed by atoms with van der Waals surface area (Å²) in [4.78, 5) is 23.1. The van der Waals surface area contributed by atoms with Gasteiger partial charge in [-0.25, -0.2) is 4.79 Å². The first-order valence-electron chi connectivity index (χ1n) is 5.89. The Kier molecular flexibility index (Phi) is 5.35. The molecule has 4 N–H and O–H groups in total. The number of amides is 1. The predicted octanol–water partition coefficient (Wildman–Crippen LogP) is 2.26. The zero-order chi connectivity index (χ0) is 14.6. The Morgan fingerprint density at radius 1 is 1.37 bits per heavy atom. The van der Waals surface area contributed by atoms with Gasteiger partial charge in [0.25, 0.3) is 5.91 Å². The minimum atomic E-state index is -1.04. The molecule has 0 heterocycles. The molecule has 0 spiro atoms. The van der Waals surface area contributed by atoms with Crippen molar-refractivity contribution in [1.29, 1.82) is 0 Å². The van der Waals surface area contributed by atoms with E-state index in [2.05, 4.69) is 21.2 Å². The van der Waals surface area contributed by atoms with Crippen LogP contribution in [0, 0.1) is 5.92 Å². The highest BCUT2D eigenvalue weighted by Crippen LogP contribution is 2.17. The number of hydrogen-bond donors (Lipinski definition) is 3. The van der Waals surface area contributed by atoms with Crippen LogP contribution in [0.2, 0.25) is 0 Å². The Morgan fingerprint density at radius 2 is 2.00 bits per heavy atom. The summed E-state index contributed by atoms with van der Waals surface area (Å²) in [5, 5.41) is 11.6. The van der Waals surface area contributed by atoms with E-state index in [1.807, 2.05) is 13.8 Å². The highest BCUT2D eigenvalue weighted by Gasteiger charge is 2.21. The highest BCUT2D eigenvalue weighted by atomic mass is 79.9. The molecule has 1 aromatic carbocycles. The van der Waals surface area contributed by atoms with Crippen molar-refractivity contribution in [2.75, 3.05) is 5.73 Å². The molecule has 0 saturated heterocycles. The minimum Gasteiger partial charge on any atom is -0.480 e. The van der Waals surface area contributed by atoms with E-state index in [0.29, 0.717) is 22.1 Å². The van der Waals surface area contributed by atoms with Gasteiger partial charge in [0.05, 0.1) is 0 Å². The molecule has 0 aliphatic heterocycles. The number of benzene rings is 1. The normalized spacial score (nSPS) is 12.2. The van der Waals surface area contributed by atoms with Crippen molar-refractivity contribution in [1.82, 2.24) is 5.32 Å². The van der Waals surface area contributed by atoms with Crippen LogP contribution in [0.15, 0.2) is 22.7 Å². The fourth-order valence-corrected chi connectivity index (χ4v) is 2.19. The van der Waals surface area contributed by atoms with Gasteiger partial charge in [0, 0.05) is 15.7 Å². The van der Waals surface area contributed by atoms with Crippen LogP contribution in [0.1, 0.15) is 30.6 Å². The molecule has 6 heteroatoms. The van der Waals surface area contributed by atoms with Gasteiger partial charge >= 0.3 is 5.97 Å². The molecule has 1 aromatic rings. The molecule has 104 valence electrons. The average Bonchev–Trinajstić information content (AvgIpc) is 2.25. The van der Waals surface area contributed by atoms with Crippen LogP contribution in [0.25, 0.3) is 0 Å². The third-order valence-electron chi connectivity index (χ3n) is 2.49. The summed E-state index contributed by atoms with van der Waals surface area (Å²) in [6.45, 7) is 3.80. The van der Waals surface area contributed by atoms with Gasteiger partial charge in [-0.3, -0.25) is 4.79 Å². The number of carboxylic acids is 1. The molecular formula is C13H17BrN2O3. The van der Waals surface area contributed by atoms with Gasteiger partial charge in [-0.05, 0) is 30.5 Å². The van der Waals surface area contributed by atoms with Gasteiger partial charge < -0.3 is 16.2 Å². The van der Waals surface area contributed by atoms with Crippen molar-refractivity contribution >= 4 is 33.5 Å². The van der Waals surface area contributed by atoms with E-state index in [4.69, 9.17) is 10.8 Å². The van der Waals surface area contributed by atoms with Gasteiger partial charge in [0.15, 0.2) is 0 Å². The van der Waals surface area contributed by atoms with Crippen LogP contribution in [-0.2, 0) is 4.79 Å². The van der Waals surface area contributed by atoms with Crippen molar-refractivity contribution in [2.45, 2.75) is 26.3 Å². The summed E-state index contributed by atoms with van der Waals surface area (Å²) in [6.07, 6.45) is 0.380. The molecule has 1 atom stereocenters. The Bertz CT molecular complexity index is 469. The van der Waals surface area contributed by atoms with Crippen molar-refractivity contribution in [3.05, 3.63) is 28.2 Å². The predicted molar refractivity (Wildman–Crippen MR) is 76.9 cm³/mol. The zero-order valence-corrected chi connectivity index (χ0v) is 12.4. The lowest BCUT2D eigenvalue weighted by Crippen LogP contribution is -2.41. The smallest absolute Gasteiger partial charge is 0.326 e. The third-order valence-corrected chi connectivity index (χ3v) is 2.95. The molecule has 0 saturated carbocycles. The number of nitrogens with one attached hydrogen (secondary N) is 1. The fraction of sp³-hybridized carbons (Fsp3) is 0.385. The second kappa shape index (κ2) is 6.56. The number of hydrogen-bond acceptors (Lipinski definition) is 3. The number of halogens is 1. The van der Waals surface area contributed by atoms with Crippen molar-refractivity contribution in [2.24, 2.45) is 5.92 Å². The first-order valence-corrected chi connectivity index (χ1v) is 6.68. The maximum atomic E-state index is 12.0. The lowest BCUT2D eigenvalue weighted by atomic mass is 10.0. The van der Waals surface area contributed by atoms with Crippen LogP contribution >= 0.6 is 15.9 Å². The number of carboxylic acid groups (broad SMARTS) is 1. The van der Waals surface area contributed by atoms with Gasteiger partial charge in [0.2, 0.25) is 0 Å². The highest BCUT2D eigenvalue weighted by molar-refractivity contribution is 9.10. The molecule has 0 aliphatic carbocycles. The second-order valence-corrected chi connectivity index (χ2v) is 5.68. The van der Waals surface area contributed by atoms with Crippen LogP contribution in [0.3, 0.4) is 0 Å². The number of nitrogen functional groups attached to an aromatic ring is 1. The summed E-state index contributed by atoms with van der Waals surface area (Å²) in [5.74, 6) is -1.31. The van der Waals surface area contributed by atoms with E-state index in [0.717, 1.165) is 0 Å². The number of carbonyl (C=O) groups is 2. The van der Waals surface area contributed by atoms with Gasteiger partial charge in [-0.1, -0.05) is 29.8 Å². The molecular weight excluding hydrogens is 312 g/mol. The third kappa shape index (κ3) is 4.90. The van der Waals surface area contributed by atoms with Gasteiger partial charge in [-0.2, -0.15) is 0 Å². The molecule has 1 rings (SSSR count). The Balaban J connectivity index is 2.84. The molecule has 0 fully saturated rings. The fourth-order valence-electron chi connectivity index (χ4n) is 1.68. The molecule has 5 nitrogen and oxygen atoms in total. The maximum absolute atomic E-state index is 12.0. The van der Waals surface area contributed by atoms with E-state index in [1.54, 1.807) is 12.1 Å². The summed E-state index contributed by atoms with van der Waals surface area (Å²) < 4.78 is 0.674. The molecule has 0 aromatic heterocycles. The van der Waals surface area contributed by atoms with Crippen LogP contribution < -0.4 is 11.1 Å².